The Labute approximate surface area is 352 Å². The SMILES string of the molecule is [B]c1cc(-n2c(-c3nc(-c4ccc5c6ccccc6c6ccccc6c5c4)nc(-c4c([B])c([B])c([B])c([B])c4[B])n3)nc3c([B])c([B])c([B])c([B])c32)c([B])c([B])c1[B]. The molecular formula is C40H12B13N5. The minimum absolute atomic E-state index is 0.00543. The van der Waals surface area contributed by atoms with Crippen LogP contribution in [-0.2, 0) is 0 Å². The van der Waals surface area contributed by atoms with Crippen LogP contribution in [0.15, 0.2) is 72.8 Å². The van der Waals surface area contributed by atoms with Gasteiger partial charge < -0.3 is 0 Å². The summed E-state index contributed by atoms with van der Waals surface area (Å²) < 4.78 is 1.53. The van der Waals surface area contributed by atoms with Crippen molar-refractivity contribution in [2.75, 3.05) is 0 Å². The Bertz CT molecular complexity index is 3230. The maximum absolute atomic E-state index is 6.67. The van der Waals surface area contributed by atoms with Gasteiger partial charge in [0, 0.05) is 16.8 Å². The van der Waals surface area contributed by atoms with Gasteiger partial charge in [-0.05, 0) is 44.5 Å². The summed E-state index contributed by atoms with van der Waals surface area (Å²) in [5, 5.41) is 6.28. The fraction of sp³-hybridized carbons (Fsp3) is 0. The number of benzene rings is 7. The van der Waals surface area contributed by atoms with Crippen LogP contribution in [0.25, 0.3) is 83.5 Å². The maximum Gasteiger partial charge on any atom is 0.200 e. The Morgan fingerprint density at radius 3 is 1.43 bits per heavy atom. The first-order valence-corrected chi connectivity index (χ1v) is 17.7. The normalized spacial score (nSPS) is 11.7. The highest BCUT2D eigenvalue weighted by atomic mass is 15.2. The highest BCUT2D eigenvalue weighted by Gasteiger charge is 2.26. The molecule has 0 bridgehead atoms. The monoisotopic (exact) mass is 705 g/mol. The third kappa shape index (κ3) is 5.57. The van der Waals surface area contributed by atoms with Crippen molar-refractivity contribution in [1.29, 1.82) is 0 Å². The minimum Gasteiger partial charge on any atom is -0.291 e. The van der Waals surface area contributed by atoms with Crippen LogP contribution in [0.5, 0.6) is 0 Å². The molecule has 0 saturated heterocycles. The zero-order valence-corrected chi connectivity index (χ0v) is 30.7. The Kier molecular flexibility index (Phi) is 9.14. The van der Waals surface area contributed by atoms with Gasteiger partial charge in [0.1, 0.15) is 102 Å². The first-order chi connectivity index (χ1) is 27.7. The molecule has 0 atom stereocenters. The van der Waals surface area contributed by atoms with Gasteiger partial charge in [0.15, 0.2) is 23.3 Å². The molecule has 9 aromatic rings. The van der Waals surface area contributed by atoms with Crippen LogP contribution in [0.2, 0.25) is 0 Å². The molecule has 0 fully saturated rings. The lowest BCUT2D eigenvalue weighted by atomic mass is 9.60. The van der Waals surface area contributed by atoms with Gasteiger partial charge in [0.2, 0.25) is 0 Å². The molecule has 2 heterocycles. The second-order valence-electron chi connectivity index (χ2n) is 13.9. The average molecular weight is 703 g/mol. The Morgan fingerprint density at radius 1 is 0.362 bits per heavy atom. The highest BCUT2D eigenvalue weighted by molar-refractivity contribution is 6.69. The number of aromatic nitrogens is 5. The fourth-order valence-corrected chi connectivity index (χ4v) is 7.57. The summed E-state index contributed by atoms with van der Waals surface area (Å²) in [6.45, 7) is 0. The van der Waals surface area contributed by atoms with Crippen molar-refractivity contribution in [2.24, 2.45) is 0 Å². The summed E-state index contributed by atoms with van der Waals surface area (Å²) in [5.41, 5.74) is 1.62. The van der Waals surface area contributed by atoms with E-state index in [2.05, 4.69) is 24.3 Å². The van der Waals surface area contributed by atoms with Crippen molar-refractivity contribution >= 4 is 216 Å². The summed E-state index contributed by atoms with van der Waals surface area (Å²) in [6, 6.07) is 23.8. The summed E-state index contributed by atoms with van der Waals surface area (Å²) in [4.78, 5) is 19.7. The molecule has 58 heavy (non-hydrogen) atoms. The lowest BCUT2D eigenvalue weighted by Gasteiger charge is -2.22. The van der Waals surface area contributed by atoms with Gasteiger partial charge in [-0.3, -0.25) is 4.57 Å². The molecule has 0 aliphatic carbocycles. The van der Waals surface area contributed by atoms with E-state index in [1.165, 1.54) is 10.6 Å². The third-order valence-electron chi connectivity index (χ3n) is 10.7. The summed E-state index contributed by atoms with van der Waals surface area (Å²) in [7, 11) is 83.5. The second kappa shape index (κ2) is 13.9. The molecule has 0 aliphatic rings. The van der Waals surface area contributed by atoms with Crippen LogP contribution in [0.3, 0.4) is 0 Å². The molecule has 26 radical (unpaired) electrons. The molecule has 236 valence electrons. The van der Waals surface area contributed by atoms with Crippen molar-refractivity contribution in [1.82, 2.24) is 24.5 Å². The first kappa shape index (κ1) is 38.2. The van der Waals surface area contributed by atoms with E-state index >= 15 is 0 Å². The molecule has 5 nitrogen and oxygen atoms in total. The van der Waals surface area contributed by atoms with Crippen molar-refractivity contribution in [3.05, 3.63) is 72.8 Å². The number of rotatable bonds is 4. The molecule has 0 saturated carbocycles. The van der Waals surface area contributed by atoms with E-state index in [1.54, 1.807) is 0 Å². The zero-order chi connectivity index (χ0) is 41.1. The summed E-state index contributed by atoms with van der Waals surface area (Å²) >= 11 is 0. The van der Waals surface area contributed by atoms with E-state index in [0.717, 1.165) is 32.3 Å². The summed E-state index contributed by atoms with van der Waals surface area (Å²) in [5.74, 6) is 0.190. The molecule has 7 aromatic carbocycles. The number of imidazole rings is 1. The largest absolute Gasteiger partial charge is 0.291 e. The van der Waals surface area contributed by atoms with Gasteiger partial charge >= 0.3 is 0 Å². The topological polar surface area (TPSA) is 56.5 Å². The van der Waals surface area contributed by atoms with Gasteiger partial charge in [-0.15, -0.1) is 43.7 Å². The predicted octanol–water partition coefficient (Wildman–Crippen LogP) is -6.01. The van der Waals surface area contributed by atoms with Crippen LogP contribution in [0.1, 0.15) is 0 Å². The molecule has 0 aliphatic heterocycles. The number of fused-ring (bicyclic) bond motifs is 7. The molecule has 2 aromatic heterocycles. The lowest BCUT2D eigenvalue weighted by Crippen LogP contribution is -2.55. The highest BCUT2D eigenvalue weighted by Crippen LogP contribution is 2.37. The van der Waals surface area contributed by atoms with Crippen LogP contribution in [0.4, 0.5) is 0 Å². The molecule has 9 rings (SSSR count). The molecule has 0 N–H and O–H groups in total. The molecule has 0 spiro atoms. The molecule has 0 amide bonds. The Morgan fingerprint density at radius 2 is 0.828 bits per heavy atom. The van der Waals surface area contributed by atoms with Crippen LogP contribution in [0, 0.1) is 0 Å². The molecule has 0 unspecified atom stereocenters. The van der Waals surface area contributed by atoms with Crippen LogP contribution >= 0.6 is 0 Å². The average Bonchev–Trinajstić information content (AvgIpc) is 3.64. The maximum atomic E-state index is 6.67. The van der Waals surface area contributed by atoms with Gasteiger partial charge in [-0.25, -0.2) is 19.9 Å². The quantitative estimate of drug-likeness (QED) is 0.136. The third-order valence-corrected chi connectivity index (χ3v) is 10.7. The van der Waals surface area contributed by atoms with Crippen LogP contribution in [-0.4, -0.2) is 127 Å². The zero-order valence-electron chi connectivity index (χ0n) is 30.7. The number of hydrogen-bond donors (Lipinski definition) is 0. The molecular weight excluding hydrogens is 691 g/mol. The Hall–Kier alpha value is -5.36. The lowest BCUT2D eigenvalue weighted by molar-refractivity contribution is 1.02. The van der Waals surface area contributed by atoms with Crippen molar-refractivity contribution < 1.29 is 0 Å². The second-order valence-corrected chi connectivity index (χ2v) is 13.9. The standard InChI is InChI=1S/C40H12B13N5/c41-20-12-21(24(43)27(46)23(20)42)58-36-34(53)32(51)31(50)33(52)35(36)54-40(58)39-56-37(55-38(57-39)22-25(44)28(47)30(49)29(48)26(22)45)13-9-10-18-16-7-2-1-5-14(16)15-6-3-4-8-17(15)19(18)11-13/h1-12H. The number of nitrogens with zero attached hydrogens (tertiary/aromatic N) is 5. The van der Waals surface area contributed by atoms with Crippen molar-refractivity contribution in [2.45, 2.75) is 0 Å². The van der Waals surface area contributed by atoms with E-state index in [1.807, 2.05) is 42.5 Å². The van der Waals surface area contributed by atoms with Crippen molar-refractivity contribution in [3.8, 4) is 40.1 Å². The predicted molar refractivity (Wildman–Crippen MR) is 253 cm³/mol. The minimum atomic E-state index is -0.0308. The van der Waals surface area contributed by atoms with Crippen LogP contribution < -0.4 is 71.0 Å². The van der Waals surface area contributed by atoms with E-state index < -0.39 is 0 Å². The van der Waals surface area contributed by atoms with E-state index in [4.69, 9.17) is 122 Å². The fourth-order valence-electron chi connectivity index (χ4n) is 7.57. The molecule has 18 heteroatoms. The van der Waals surface area contributed by atoms with E-state index in [9.17, 15) is 0 Å². The van der Waals surface area contributed by atoms with E-state index in [0.29, 0.717) is 5.56 Å². The first-order valence-electron chi connectivity index (χ1n) is 17.7. The van der Waals surface area contributed by atoms with Gasteiger partial charge in [-0.2, -0.15) is 0 Å². The summed E-state index contributed by atoms with van der Waals surface area (Å²) in [6.07, 6.45) is 0. The van der Waals surface area contributed by atoms with Crippen molar-refractivity contribution in [3.63, 3.8) is 0 Å². The smallest absolute Gasteiger partial charge is 0.200 e. The van der Waals surface area contributed by atoms with Gasteiger partial charge in [0.25, 0.3) is 0 Å². The van der Waals surface area contributed by atoms with Gasteiger partial charge in [-0.1, -0.05) is 88.0 Å². The number of hydrogen-bond acceptors (Lipinski definition) is 4. The van der Waals surface area contributed by atoms with Gasteiger partial charge in [0.05, 0.1) is 11.0 Å². The Balaban J connectivity index is 1.42. The van der Waals surface area contributed by atoms with E-state index in [-0.39, 0.29) is 117 Å².